The minimum absolute atomic E-state index is 0.210. The molecule has 0 atom stereocenters. The lowest BCUT2D eigenvalue weighted by Crippen LogP contribution is -2.64. The van der Waals surface area contributed by atoms with E-state index in [9.17, 15) is 13.6 Å². The number of rotatable bonds is 3. The van der Waals surface area contributed by atoms with Gasteiger partial charge in [0.05, 0.1) is 5.54 Å². The Balaban J connectivity index is 2.64. The Labute approximate surface area is 103 Å². The summed E-state index contributed by atoms with van der Waals surface area (Å²) in [6, 6.07) is 0. The van der Waals surface area contributed by atoms with E-state index in [-0.39, 0.29) is 6.54 Å². The Morgan fingerprint density at radius 2 is 2.06 bits per heavy atom. The molecule has 102 valence electrons. The van der Waals surface area contributed by atoms with Gasteiger partial charge in [-0.05, 0) is 26.3 Å². The standard InChI is InChI=1S/C10H16F2N4O2/c1-8(2,3)18-7(17)15-9(6-14-16-13)4-10(11,12)5-9/h4-6H2,1-3H3,(H,15,17). The van der Waals surface area contributed by atoms with E-state index >= 15 is 0 Å². The van der Waals surface area contributed by atoms with Gasteiger partial charge in [-0.1, -0.05) is 5.11 Å². The van der Waals surface area contributed by atoms with E-state index < -0.39 is 36.0 Å². The van der Waals surface area contributed by atoms with Gasteiger partial charge in [0.1, 0.15) is 5.60 Å². The highest BCUT2D eigenvalue weighted by Crippen LogP contribution is 2.45. The van der Waals surface area contributed by atoms with Crippen molar-refractivity contribution < 1.29 is 18.3 Å². The molecule has 0 spiro atoms. The van der Waals surface area contributed by atoms with Crippen molar-refractivity contribution in [2.45, 2.75) is 50.7 Å². The van der Waals surface area contributed by atoms with E-state index in [0.717, 1.165) is 0 Å². The van der Waals surface area contributed by atoms with Crippen LogP contribution in [0.1, 0.15) is 33.6 Å². The topological polar surface area (TPSA) is 87.1 Å². The number of ether oxygens (including phenoxy) is 1. The van der Waals surface area contributed by atoms with Crippen LogP contribution in [0.3, 0.4) is 0 Å². The van der Waals surface area contributed by atoms with E-state index in [4.69, 9.17) is 10.3 Å². The van der Waals surface area contributed by atoms with Gasteiger partial charge in [-0.15, -0.1) is 0 Å². The largest absolute Gasteiger partial charge is 0.444 e. The van der Waals surface area contributed by atoms with Crippen LogP contribution in [0, 0.1) is 0 Å². The first kappa shape index (κ1) is 14.5. The van der Waals surface area contributed by atoms with Crippen LogP contribution in [0.5, 0.6) is 0 Å². The average molecular weight is 262 g/mol. The molecular formula is C10H16F2N4O2. The van der Waals surface area contributed by atoms with Crippen molar-refractivity contribution in [2.24, 2.45) is 5.11 Å². The van der Waals surface area contributed by atoms with Crippen molar-refractivity contribution in [1.29, 1.82) is 0 Å². The van der Waals surface area contributed by atoms with Crippen LogP contribution in [0.2, 0.25) is 0 Å². The number of azide groups is 1. The lowest BCUT2D eigenvalue weighted by Gasteiger charge is -2.46. The van der Waals surface area contributed by atoms with Crippen LogP contribution in [-0.4, -0.2) is 29.7 Å². The highest BCUT2D eigenvalue weighted by Gasteiger charge is 2.57. The minimum atomic E-state index is -2.83. The summed E-state index contributed by atoms with van der Waals surface area (Å²) in [7, 11) is 0. The second-order valence-electron chi connectivity index (χ2n) is 5.51. The van der Waals surface area contributed by atoms with Gasteiger partial charge in [0, 0.05) is 24.3 Å². The van der Waals surface area contributed by atoms with Gasteiger partial charge < -0.3 is 10.1 Å². The maximum absolute atomic E-state index is 12.9. The molecule has 1 fully saturated rings. The van der Waals surface area contributed by atoms with E-state index in [1.165, 1.54) is 0 Å². The first-order chi connectivity index (χ1) is 8.08. The van der Waals surface area contributed by atoms with Gasteiger partial charge in [0.2, 0.25) is 0 Å². The van der Waals surface area contributed by atoms with Gasteiger partial charge in [0.15, 0.2) is 0 Å². The molecule has 1 saturated carbocycles. The zero-order valence-corrected chi connectivity index (χ0v) is 10.5. The molecule has 0 unspecified atom stereocenters. The van der Waals surface area contributed by atoms with Gasteiger partial charge in [0.25, 0.3) is 5.92 Å². The predicted molar refractivity (Wildman–Crippen MR) is 60.3 cm³/mol. The quantitative estimate of drug-likeness (QED) is 0.481. The Bertz CT molecular complexity index is 378. The fourth-order valence-electron chi connectivity index (χ4n) is 1.87. The molecule has 1 aliphatic rings. The monoisotopic (exact) mass is 262 g/mol. The van der Waals surface area contributed by atoms with Gasteiger partial charge in [-0.25, -0.2) is 13.6 Å². The van der Waals surface area contributed by atoms with Gasteiger partial charge in [-0.3, -0.25) is 0 Å². The Hall–Kier alpha value is -1.56. The maximum Gasteiger partial charge on any atom is 0.408 e. The number of hydrogen-bond acceptors (Lipinski definition) is 3. The number of carbonyl (C=O) groups is 1. The summed E-state index contributed by atoms with van der Waals surface area (Å²) in [5.41, 5.74) is 6.32. The summed E-state index contributed by atoms with van der Waals surface area (Å²) < 4.78 is 30.8. The molecule has 1 rings (SSSR count). The Morgan fingerprint density at radius 1 is 1.50 bits per heavy atom. The normalized spacial score (nSPS) is 20.3. The fourth-order valence-corrected chi connectivity index (χ4v) is 1.87. The third kappa shape index (κ3) is 4.03. The van der Waals surface area contributed by atoms with E-state index in [1.807, 2.05) is 0 Å². The molecule has 0 aliphatic heterocycles. The van der Waals surface area contributed by atoms with Crippen LogP contribution >= 0.6 is 0 Å². The number of nitrogens with zero attached hydrogens (tertiary/aromatic N) is 3. The first-order valence-corrected chi connectivity index (χ1v) is 5.47. The molecule has 6 nitrogen and oxygen atoms in total. The SMILES string of the molecule is CC(C)(C)OC(=O)NC1(CN=[N+]=[N-])CC(F)(F)C1. The molecule has 0 saturated heterocycles. The second-order valence-corrected chi connectivity index (χ2v) is 5.51. The Kier molecular flexibility index (Phi) is 3.71. The van der Waals surface area contributed by atoms with E-state index in [1.54, 1.807) is 20.8 Å². The molecule has 18 heavy (non-hydrogen) atoms. The summed E-state index contributed by atoms with van der Waals surface area (Å²) in [5, 5.41) is 5.63. The zero-order valence-electron chi connectivity index (χ0n) is 10.5. The summed E-state index contributed by atoms with van der Waals surface area (Å²) in [4.78, 5) is 14.0. The molecule has 0 bridgehead atoms. The lowest BCUT2D eigenvalue weighted by molar-refractivity contribution is -0.129. The molecule has 1 N–H and O–H groups in total. The summed E-state index contributed by atoms with van der Waals surface area (Å²) >= 11 is 0. The van der Waals surface area contributed by atoms with Gasteiger partial charge in [-0.2, -0.15) is 0 Å². The van der Waals surface area contributed by atoms with Crippen LogP contribution in [0.15, 0.2) is 5.11 Å². The van der Waals surface area contributed by atoms with Crippen molar-refractivity contribution in [2.75, 3.05) is 6.54 Å². The van der Waals surface area contributed by atoms with Crippen LogP contribution in [0.25, 0.3) is 10.4 Å². The summed E-state index contributed by atoms with van der Waals surface area (Å²) in [6.07, 6.45) is -1.87. The van der Waals surface area contributed by atoms with Crippen molar-refractivity contribution >= 4 is 6.09 Å². The molecule has 1 amide bonds. The number of carbonyl (C=O) groups excluding carboxylic acids is 1. The van der Waals surface area contributed by atoms with Crippen molar-refractivity contribution in [1.82, 2.24) is 5.32 Å². The number of amides is 1. The third-order valence-corrected chi connectivity index (χ3v) is 2.40. The average Bonchev–Trinajstić information content (AvgIpc) is 2.07. The van der Waals surface area contributed by atoms with Crippen LogP contribution in [0.4, 0.5) is 13.6 Å². The number of halogens is 2. The highest BCUT2D eigenvalue weighted by atomic mass is 19.3. The fraction of sp³-hybridized carbons (Fsp3) is 0.900. The third-order valence-electron chi connectivity index (χ3n) is 2.40. The number of nitrogens with one attached hydrogen (secondary N) is 1. The summed E-state index contributed by atoms with van der Waals surface area (Å²) in [5.74, 6) is -2.83. The zero-order chi connectivity index (χ0) is 14.0. The molecule has 0 aromatic rings. The predicted octanol–water partition coefficient (Wildman–Crippen LogP) is 2.99. The smallest absolute Gasteiger partial charge is 0.408 e. The highest BCUT2D eigenvalue weighted by molar-refractivity contribution is 5.69. The molecule has 0 radical (unpaired) electrons. The molecule has 0 aromatic heterocycles. The molecule has 1 aliphatic carbocycles. The van der Waals surface area contributed by atoms with E-state index in [0.29, 0.717) is 0 Å². The Morgan fingerprint density at radius 3 is 2.44 bits per heavy atom. The lowest BCUT2D eigenvalue weighted by atomic mass is 9.73. The van der Waals surface area contributed by atoms with Crippen molar-refractivity contribution in [3.63, 3.8) is 0 Å². The van der Waals surface area contributed by atoms with E-state index in [2.05, 4.69) is 15.3 Å². The molecule has 8 heteroatoms. The van der Waals surface area contributed by atoms with Crippen LogP contribution in [-0.2, 0) is 4.74 Å². The van der Waals surface area contributed by atoms with Crippen molar-refractivity contribution in [3.05, 3.63) is 10.4 Å². The minimum Gasteiger partial charge on any atom is -0.444 e. The second kappa shape index (κ2) is 4.61. The van der Waals surface area contributed by atoms with Crippen LogP contribution < -0.4 is 5.32 Å². The number of alkyl halides is 2. The maximum atomic E-state index is 12.9. The molecule has 0 aromatic carbocycles. The number of alkyl carbamates (subject to hydrolysis) is 1. The first-order valence-electron chi connectivity index (χ1n) is 5.47. The molecular weight excluding hydrogens is 246 g/mol. The number of hydrogen-bond donors (Lipinski definition) is 1. The summed E-state index contributed by atoms with van der Waals surface area (Å²) in [6.45, 7) is 4.80. The van der Waals surface area contributed by atoms with Crippen molar-refractivity contribution in [3.8, 4) is 0 Å². The molecule has 0 heterocycles. The van der Waals surface area contributed by atoms with Gasteiger partial charge >= 0.3 is 6.09 Å².